The van der Waals surface area contributed by atoms with Gasteiger partial charge in [-0.2, -0.15) is 9.97 Å². The van der Waals surface area contributed by atoms with E-state index in [-0.39, 0.29) is 29.4 Å². The number of hydrogen-bond acceptors (Lipinski definition) is 10. The predicted molar refractivity (Wildman–Crippen MR) is 265 cm³/mol. The summed E-state index contributed by atoms with van der Waals surface area (Å²) < 4.78 is 50.6. The van der Waals surface area contributed by atoms with Gasteiger partial charge in [-0.25, -0.2) is 18.7 Å². The average Bonchev–Trinajstić information content (AvgIpc) is 4.01. The number of halogens is 2. The zero-order valence-corrected chi connectivity index (χ0v) is 39.5. The van der Waals surface area contributed by atoms with Gasteiger partial charge >= 0.3 is 0 Å². The third kappa shape index (κ3) is 10.8. The Morgan fingerprint density at radius 1 is 0.786 bits per heavy atom. The van der Waals surface area contributed by atoms with Crippen molar-refractivity contribution >= 4 is 17.7 Å². The van der Waals surface area contributed by atoms with E-state index >= 15 is 0 Å². The van der Waals surface area contributed by atoms with Crippen LogP contribution in [0.15, 0.2) is 132 Å². The first-order chi connectivity index (χ1) is 33.8. The largest absolute Gasteiger partial charge is 0.495 e. The number of rotatable bonds is 9. The summed E-state index contributed by atoms with van der Waals surface area (Å²) in [5.74, 6) is 2.40. The van der Waals surface area contributed by atoms with E-state index in [1.54, 1.807) is 57.2 Å². The van der Waals surface area contributed by atoms with Gasteiger partial charge in [-0.3, -0.25) is 9.59 Å². The lowest BCUT2D eigenvalue weighted by Crippen LogP contribution is -2.29. The lowest BCUT2D eigenvalue weighted by Gasteiger charge is -2.28. The van der Waals surface area contributed by atoms with Gasteiger partial charge in [0.1, 0.15) is 41.4 Å². The van der Waals surface area contributed by atoms with Crippen molar-refractivity contribution in [3.63, 3.8) is 0 Å². The number of hydrogen-bond donors (Lipinski definition) is 1. The summed E-state index contributed by atoms with van der Waals surface area (Å²) in [7, 11) is 3.31. The van der Waals surface area contributed by atoms with Crippen LogP contribution in [-0.4, -0.2) is 64.1 Å². The number of nitrogens with zero attached hydrogens (tertiary/aromatic N) is 8. The smallest absolute Gasteiger partial charge is 0.279 e. The van der Waals surface area contributed by atoms with Gasteiger partial charge in [-0.1, -0.05) is 31.7 Å². The van der Waals surface area contributed by atoms with Crippen molar-refractivity contribution in [2.24, 2.45) is 5.92 Å². The highest BCUT2D eigenvalue weighted by atomic mass is 19.1. The van der Waals surface area contributed by atoms with E-state index in [0.717, 1.165) is 75.2 Å². The molecule has 358 valence electrons. The number of aliphatic hydroxyl groups excluding tert-OH is 1. The minimum Gasteiger partial charge on any atom is -0.495 e. The van der Waals surface area contributed by atoms with Crippen molar-refractivity contribution in [3.05, 3.63) is 195 Å². The predicted octanol–water partition coefficient (Wildman–Crippen LogP) is 9.04. The molecule has 10 rings (SSSR count). The average molecular weight is 947 g/mol. The third-order valence-electron chi connectivity index (χ3n) is 11.8. The lowest BCUT2D eigenvalue weighted by molar-refractivity contribution is 0.0795. The van der Waals surface area contributed by atoms with Gasteiger partial charge in [-0.05, 0) is 133 Å². The molecule has 6 heterocycles. The zero-order chi connectivity index (χ0) is 49.5. The second-order valence-corrected chi connectivity index (χ2v) is 16.8. The van der Waals surface area contributed by atoms with Gasteiger partial charge < -0.3 is 37.6 Å². The van der Waals surface area contributed by atoms with Crippen LogP contribution in [0.4, 0.5) is 8.78 Å². The van der Waals surface area contributed by atoms with E-state index in [1.807, 2.05) is 76.3 Å². The summed E-state index contributed by atoms with van der Waals surface area (Å²) in [4.78, 5) is 41.3. The number of allylic oxidation sites excluding steroid dienone is 1. The number of benzene rings is 4. The van der Waals surface area contributed by atoms with E-state index in [2.05, 4.69) is 44.1 Å². The van der Waals surface area contributed by atoms with E-state index in [1.165, 1.54) is 30.3 Å². The van der Waals surface area contributed by atoms with Crippen LogP contribution < -0.4 is 20.6 Å². The van der Waals surface area contributed by atoms with E-state index in [0.29, 0.717) is 42.0 Å². The number of ether oxygens (including phenoxy) is 3. The highest BCUT2D eigenvalue weighted by Crippen LogP contribution is 2.35. The lowest BCUT2D eigenvalue weighted by atomic mass is 9.93. The number of aryl methyl sites for hydroxylation is 2. The zero-order valence-electron chi connectivity index (χ0n) is 39.5. The fraction of sp³-hybridized carbons (Fsp3) is 0.222. The van der Waals surface area contributed by atoms with Crippen LogP contribution in [0.2, 0.25) is 0 Å². The first-order valence-electron chi connectivity index (χ1n) is 22.5. The number of aliphatic hydroxyl groups is 1. The molecule has 16 heteroatoms. The molecule has 0 fully saturated rings. The molecule has 0 spiro atoms. The Morgan fingerprint density at radius 3 is 1.93 bits per heavy atom. The third-order valence-corrected chi connectivity index (χ3v) is 11.8. The molecular weight excluding hydrogens is 895 g/mol. The van der Waals surface area contributed by atoms with Gasteiger partial charge in [0.05, 0.1) is 79.8 Å². The van der Waals surface area contributed by atoms with Crippen molar-refractivity contribution < 1.29 is 28.1 Å². The Balaban J connectivity index is 0.000000155. The molecule has 0 amide bonds. The van der Waals surface area contributed by atoms with Crippen molar-refractivity contribution in [3.8, 4) is 45.4 Å². The molecule has 4 aromatic heterocycles. The fourth-order valence-corrected chi connectivity index (χ4v) is 8.49. The molecule has 0 radical (unpaired) electrons. The van der Waals surface area contributed by atoms with E-state index in [4.69, 9.17) is 14.2 Å². The molecular formula is C54H52F2N8O6. The van der Waals surface area contributed by atoms with Crippen LogP contribution in [0.25, 0.3) is 51.6 Å². The van der Waals surface area contributed by atoms with Gasteiger partial charge in [0.25, 0.3) is 11.1 Å². The Hall–Kier alpha value is -8.08. The maximum Gasteiger partial charge on any atom is 0.279 e. The normalized spacial score (nSPS) is 14.3. The summed E-state index contributed by atoms with van der Waals surface area (Å²) in [5.41, 5.74) is 9.01. The number of methoxy groups -OCH3 is 2. The molecule has 0 saturated heterocycles. The monoisotopic (exact) mass is 946 g/mol. The Morgan fingerprint density at radius 2 is 1.37 bits per heavy atom. The molecule has 70 heavy (non-hydrogen) atoms. The second-order valence-electron chi connectivity index (χ2n) is 16.8. The van der Waals surface area contributed by atoms with Crippen LogP contribution in [0.1, 0.15) is 53.1 Å². The van der Waals surface area contributed by atoms with Crippen LogP contribution in [0.3, 0.4) is 0 Å². The molecule has 0 saturated carbocycles. The Labute approximate surface area is 403 Å². The molecule has 0 bridgehead atoms. The van der Waals surface area contributed by atoms with Crippen molar-refractivity contribution in [2.75, 3.05) is 20.8 Å². The maximum absolute atomic E-state index is 13.5. The van der Waals surface area contributed by atoms with Crippen molar-refractivity contribution in [1.29, 1.82) is 0 Å². The highest BCUT2D eigenvalue weighted by Gasteiger charge is 2.24. The molecule has 4 aromatic carbocycles. The molecule has 8 aromatic rings. The number of imidazole rings is 2. The summed E-state index contributed by atoms with van der Waals surface area (Å²) in [5, 5.41) is 9.46. The summed E-state index contributed by atoms with van der Waals surface area (Å²) in [6, 6.07) is 25.5. The highest BCUT2D eigenvalue weighted by molar-refractivity contribution is 5.81. The van der Waals surface area contributed by atoms with Crippen LogP contribution in [0, 0.1) is 31.4 Å². The first-order valence-corrected chi connectivity index (χ1v) is 22.5. The van der Waals surface area contributed by atoms with Gasteiger partial charge in [0.2, 0.25) is 0 Å². The topological polar surface area (TPSA) is 153 Å². The molecule has 2 aliphatic heterocycles. The van der Waals surface area contributed by atoms with Gasteiger partial charge in [-0.15, -0.1) is 0 Å². The van der Waals surface area contributed by atoms with Crippen LogP contribution in [-0.2, 0) is 31.0 Å². The minimum atomic E-state index is -0.469. The molecule has 14 nitrogen and oxygen atoms in total. The van der Waals surface area contributed by atoms with E-state index in [9.17, 15) is 23.5 Å². The first kappa shape index (κ1) is 48.4. The van der Waals surface area contributed by atoms with Gasteiger partial charge in [0, 0.05) is 31.5 Å². The molecule has 2 aliphatic rings. The molecule has 0 aliphatic carbocycles. The standard InChI is InChI=1S/C27H25FN4O2.C14H13FN2O3.C13H14N2O/c1-17-10-21(11-19-4-9-23(25(12-19)34-3)31-15-18(2)29-16-31)27-30-26(33)13-24(32(27)14-17)20-5-7-22(28)8-6-20;15-10-3-1-9(2-4-10)13-11(7-18)14(19)16-12-8-20-6-5-17(12)13;1-4-11-5-6-12(13(7-11)16-3)15-8-10(2)14-9-15/h4-9,11-13,15-17H,10,14H2,1-3H3;1-4,18H,5-8H2;4-9H,1H2,2-3H3/b21-11+;;. The Kier molecular flexibility index (Phi) is 14.8. The van der Waals surface area contributed by atoms with Crippen molar-refractivity contribution in [1.82, 2.24) is 38.2 Å². The number of fused-ring (bicyclic) bond motifs is 2. The molecule has 1 N–H and O–H groups in total. The summed E-state index contributed by atoms with van der Waals surface area (Å²) in [6.07, 6.45) is 12.1. The van der Waals surface area contributed by atoms with Crippen LogP contribution >= 0.6 is 0 Å². The summed E-state index contributed by atoms with van der Waals surface area (Å²) >= 11 is 0. The van der Waals surface area contributed by atoms with Gasteiger partial charge in [0.15, 0.2) is 0 Å². The summed E-state index contributed by atoms with van der Waals surface area (Å²) in [6.45, 7) is 11.5. The Bertz CT molecular complexity index is 3320. The second kappa shape index (κ2) is 21.5. The minimum absolute atomic E-state index is 0.224. The maximum atomic E-state index is 13.5. The van der Waals surface area contributed by atoms with Crippen LogP contribution in [0.5, 0.6) is 11.5 Å². The molecule has 1 atom stereocenters. The SMILES string of the molecule is C=Cc1ccc(-n2cnc(C)c2)c(OC)c1.COc1cc(/C=C2\CC(C)Cn3c(-c4ccc(F)cc4)cc(=O)nc32)ccc1-n1cnc(C)c1.O=c1nc2n(c(-c3ccc(F)cc3)c1CO)CCOC2. The quantitative estimate of drug-likeness (QED) is 0.148. The van der Waals surface area contributed by atoms with E-state index < -0.39 is 12.2 Å². The van der Waals surface area contributed by atoms with Crippen molar-refractivity contribution in [2.45, 2.75) is 53.5 Å². The fourth-order valence-electron chi connectivity index (χ4n) is 8.49. The number of aromatic nitrogens is 8. The molecule has 1 unspecified atom stereocenters.